The summed E-state index contributed by atoms with van der Waals surface area (Å²) in [6, 6.07) is 1.57. The van der Waals surface area contributed by atoms with Gasteiger partial charge in [-0.25, -0.2) is 4.90 Å². The van der Waals surface area contributed by atoms with E-state index in [1.807, 2.05) is 0 Å². The van der Waals surface area contributed by atoms with Gasteiger partial charge in [0.25, 0.3) is 0 Å². The van der Waals surface area contributed by atoms with Gasteiger partial charge in [-0.2, -0.15) is 4.58 Å². The van der Waals surface area contributed by atoms with Gasteiger partial charge in [0.05, 0.1) is 7.05 Å². The van der Waals surface area contributed by atoms with Gasteiger partial charge in [0.2, 0.25) is 6.04 Å². The number of hydrogen-bond donors (Lipinski definition) is 1. The second kappa shape index (κ2) is 3.35. The van der Waals surface area contributed by atoms with Crippen molar-refractivity contribution in [1.29, 1.82) is 0 Å². The molecule has 0 aromatic heterocycles. The van der Waals surface area contributed by atoms with E-state index < -0.39 is 0 Å². The van der Waals surface area contributed by atoms with E-state index >= 15 is 0 Å². The SMILES string of the molecule is CCC1C(CC)[NH+](C)C=[N+]1C. The predicted octanol–water partition coefficient (Wildman–Crippen LogP) is -0.257. The highest BCUT2D eigenvalue weighted by atomic mass is 15.3. The highest BCUT2D eigenvalue weighted by molar-refractivity contribution is 5.37. The van der Waals surface area contributed by atoms with Crippen LogP contribution in [-0.4, -0.2) is 37.1 Å². The molecule has 0 bridgehead atoms. The quantitative estimate of drug-likeness (QED) is 0.527. The fraction of sp³-hybridized carbons (Fsp3) is 0.889. The van der Waals surface area contributed by atoms with Crippen LogP contribution in [0.25, 0.3) is 0 Å². The molecule has 11 heavy (non-hydrogen) atoms. The summed E-state index contributed by atoms with van der Waals surface area (Å²) in [7, 11) is 4.44. The van der Waals surface area contributed by atoms with Crippen molar-refractivity contribution < 1.29 is 9.48 Å². The van der Waals surface area contributed by atoms with Crippen LogP contribution < -0.4 is 4.90 Å². The topological polar surface area (TPSA) is 7.45 Å². The molecule has 0 amide bonds. The van der Waals surface area contributed by atoms with Crippen molar-refractivity contribution in [3.05, 3.63) is 0 Å². The Balaban J connectivity index is 2.68. The van der Waals surface area contributed by atoms with E-state index in [2.05, 4.69) is 38.9 Å². The first-order valence-electron chi connectivity index (χ1n) is 4.61. The average molecular weight is 156 g/mol. The lowest BCUT2D eigenvalue weighted by atomic mass is 10.0. The molecule has 0 spiro atoms. The van der Waals surface area contributed by atoms with Crippen LogP contribution >= 0.6 is 0 Å². The lowest BCUT2D eigenvalue weighted by Gasteiger charge is -2.13. The minimum atomic E-state index is 0.764. The first-order chi connectivity index (χ1) is 5.20. The third kappa shape index (κ3) is 1.45. The Kier molecular flexibility index (Phi) is 2.66. The molecule has 2 heteroatoms. The molecule has 1 N–H and O–H groups in total. The molecule has 1 rings (SSSR count). The Bertz CT molecular complexity index is 163. The number of hydrogen-bond acceptors (Lipinski definition) is 0. The third-order valence-electron chi connectivity index (χ3n) is 2.84. The van der Waals surface area contributed by atoms with E-state index in [0.717, 1.165) is 12.1 Å². The minimum Gasteiger partial charge on any atom is -0.248 e. The number of nitrogens with zero attached hydrogens (tertiary/aromatic N) is 1. The number of quaternary nitrogens is 1. The molecule has 1 heterocycles. The number of rotatable bonds is 2. The summed E-state index contributed by atoms with van der Waals surface area (Å²) < 4.78 is 2.36. The van der Waals surface area contributed by atoms with Crippen molar-refractivity contribution in [3.63, 3.8) is 0 Å². The summed E-state index contributed by atoms with van der Waals surface area (Å²) in [5, 5.41) is 0. The summed E-state index contributed by atoms with van der Waals surface area (Å²) in [5.74, 6) is 0. The van der Waals surface area contributed by atoms with Gasteiger partial charge in [0.15, 0.2) is 6.04 Å². The van der Waals surface area contributed by atoms with Gasteiger partial charge in [0, 0.05) is 12.8 Å². The molecule has 1 aliphatic heterocycles. The maximum atomic E-state index is 2.36. The van der Waals surface area contributed by atoms with E-state index in [1.54, 1.807) is 4.90 Å². The van der Waals surface area contributed by atoms with Crippen molar-refractivity contribution >= 4 is 6.34 Å². The molecular weight excluding hydrogens is 136 g/mol. The Morgan fingerprint density at radius 1 is 1.36 bits per heavy atom. The largest absolute Gasteiger partial charge is 0.325 e. The zero-order valence-electron chi connectivity index (χ0n) is 8.09. The number of nitrogens with one attached hydrogen (secondary N) is 1. The Hall–Kier alpha value is -0.370. The van der Waals surface area contributed by atoms with Crippen LogP contribution in [0.5, 0.6) is 0 Å². The molecule has 0 fully saturated rings. The maximum Gasteiger partial charge on any atom is 0.325 e. The van der Waals surface area contributed by atoms with Gasteiger partial charge in [-0.1, -0.05) is 13.8 Å². The molecule has 0 saturated carbocycles. The van der Waals surface area contributed by atoms with Crippen molar-refractivity contribution in [3.8, 4) is 0 Å². The highest BCUT2D eigenvalue weighted by Gasteiger charge is 2.39. The average Bonchev–Trinajstić information content (AvgIpc) is 2.24. The summed E-state index contributed by atoms with van der Waals surface area (Å²) in [6.45, 7) is 4.56. The van der Waals surface area contributed by atoms with Crippen LogP contribution in [0.4, 0.5) is 0 Å². The van der Waals surface area contributed by atoms with Gasteiger partial charge < -0.3 is 0 Å². The van der Waals surface area contributed by atoms with Crippen molar-refractivity contribution in [2.45, 2.75) is 38.8 Å². The van der Waals surface area contributed by atoms with Crippen LogP contribution in [0.1, 0.15) is 26.7 Å². The molecule has 3 unspecified atom stereocenters. The molecule has 0 aromatic rings. The summed E-state index contributed by atoms with van der Waals surface area (Å²) >= 11 is 0. The number of likely N-dealkylation sites (N-methyl/N-ethyl adjacent to an activating group) is 2. The van der Waals surface area contributed by atoms with E-state index in [1.165, 1.54) is 12.8 Å². The molecule has 0 aliphatic carbocycles. The van der Waals surface area contributed by atoms with Gasteiger partial charge in [-0.15, -0.1) is 0 Å². The van der Waals surface area contributed by atoms with Crippen LogP contribution in [0.3, 0.4) is 0 Å². The molecule has 3 atom stereocenters. The van der Waals surface area contributed by atoms with Crippen molar-refractivity contribution in [2.24, 2.45) is 0 Å². The molecule has 64 valence electrons. The summed E-state index contributed by atoms with van der Waals surface area (Å²) in [5.41, 5.74) is 0. The molecular formula is C9H20N2+2. The smallest absolute Gasteiger partial charge is 0.248 e. The molecule has 2 nitrogen and oxygen atoms in total. The first-order valence-corrected chi connectivity index (χ1v) is 4.61. The second-order valence-electron chi connectivity index (χ2n) is 3.53. The summed E-state index contributed by atoms with van der Waals surface area (Å²) in [6.07, 6.45) is 4.84. The Morgan fingerprint density at radius 2 is 2.00 bits per heavy atom. The summed E-state index contributed by atoms with van der Waals surface area (Å²) in [4.78, 5) is 1.56. The van der Waals surface area contributed by atoms with Gasteiger partial charge in [0.1, 0.15) is 7.05 Å². The van der Waals surface area contributed by atoms with Crippen molar-refractivity contribution in [1.82, 2.24) is 0 Å². The van der Waals surface area contributed by atoms with E-state index in [0.29, 0.717) is 0 Å². The fourth-order valence-electron chi connectivity index (χ4n) is 2.27. The van der Waals surface area contributed by atoms with E-state index in [4.69, 9.17) is 0 Å². The first kappa shape index (κ1) is 8.72. The molecule has 0 aromatic carbocycles. The lowest BCUT2D eigenvalue weighted by Crippen LogP contribution is -3.11. The van der Waals surface area contributed by atoms with Crippen LogP contribution in [0, 0.1) is 0 Å². The van der Waals surface area contributed by atoms with Gasteiger partial charge >= 0.3 is 6.34 Å². The Morgan fingerprint density at radius 3 is 2.36 bits per heavy atom. The van der Waals surface area contributed by atoms with Gasteiger partial charge in [-0.3, -0.25) is 0 Å². The third-order valence-corrected chi connectivity index (χ3v) is 2.84. The van der Waals surface area contributed by atoms with Gasteiger partial charge in [-0.05, 0) is 0 Å². The zero-order valence-corrected chi connectivity index (χ0v) is 8.09. The molecule has 1 aliphatic rings. The fourth-order valence-corrected chi connectivity index (χ4v) is 2.27. The van der Waals surface area contributed by atoms with Crippen LogP contribution in [0.15, 0.2) is 0 Å². The van der Waals surface area contributed by atoms with Crippen LogP contribution in [0.2, 0.25) is 0 Å². The van der Waals surface area contributed by atoms with Crippen LogP contribution in [-0.2, 0) is 0 Å². The monoisotopic (exact) mass is 156 g/mol. The zero-order chi connectivity index (χ0) is 8.43. The normalized spacial score (nSPS) is 37.5. The predicted molar refractivity (Wildman–Crippen MR) is 47.3 cm³/mol. The lowest BCUT2D eigenvalue weighted by molar-refractivity contribution is -0.800. The molecule has 0 radical (unpaired) electrons. The van der Waals surface area contributed by atoms with E-state index in [9.17, 15) is 0 Å². The Labute approximate surface area is 69.5 Å². The minimum absolute atomic E-state index is 0.764. The van der Waals surface area contributed by atoms with Crippen molar-refractivity contribution in [2.75, 3.05) is 14.1 Å². The highest BCUT2D eigenvalue weighted by Crippen LogP contribution is 2.05. The maximum absolute atomic E-state index is 2.36. The second-order valence-corrected chi connectivity index (χ2v) is 3.53. The standard InChI is InChI=1S/C9H19N2/c1-5-8-9(6-2)11(4)7-10(8)3/h7-9H,5-6H2,1-4H3/q+1/p+1. The van der Waals surface area contributed by atoms with E-state index in [-0.39, 0.29) is 0 Å². The molecule has 0 saturated heterocycles.